The molecule has 0 fully saturated rings. The second kappa shape index (κ2) is 5.80. The van der Waals surface area contributed by atoms with Gasteiger partial charge in [0, 0.05) is 41.3 Å². The Kier molecular flexibility index (Phi) is 3.70. The van der Waals surface area contributed by atoms with E-state index in [1.54, 1.807) is 6.07 Å². The Morgan fingerprint density at radius 2 is 1.95 bits per heavy atom. The van der Waals surface area contributed by atoms with Crippen molar-refractivity contribution in [2.45, 2.75) is 6.54 Å². The Morgan fingerprint density at radius 1 is 1.14 bits per heavy atom. The predicted octanol–water partition coefficient (Wildman–Crippen LogP) is 4.06. The van der Waals surface area contributed by atoms with Crippen LogP contribution in [0.15, 0.2) is 60.9 Å². The lowest BCUT2D eigenvalue weighted by Crippen LogP contribution is -1.98. The number of hydrogen-bond donors (Lipinski definition) is 1. The molecule has 5 nitrogen and oxygen atoms in total. The van der Waals surface area contributed by atoms with Gasteiger partial charge < -0.3 is 9.88 Å². The van der Waals surface area contributed by atoms with E-state index in [-0.39, 0.29) is 9.92 Å². The predicted molar refractivity (Wildman–Crippen MR) is 84.1 cm³/mol. The first kappa shape index (κ1) is 13.4. The van der Waals surface area contributed by atoms with Crippen LogP contribution in [0.3, 0.4) is 0 Å². The van der Waals surface area contributed by atoms with Crippen LogP contribution in [-0.4, -0.2) is 9.49 Å². The van der Waals surface area contributed by atoms with Gasteiger partial charge in [-0.15, -0.1) is 0 Å². The summed E-state index contributed by atoms with van der Waals surface area (Å²) < 4.78 is 2.03. The Balaban J connectivity index is 1.70. The molecule has 1 aromatic carbocycles. The summed E-state index contributed by atoms with van der Waals surface area (Å²) in [6.07, 6.45) is 3.98. The smallest absolute Gasteiger partial charge is 0.324 e. The van der Waals surface area contributed by atoms with E-state index in [0.29, 0.717) is 6.54 Å². The maximum absolute atomic E-state index is 10.7. The zero-order valence-corrected chi connectivity index (χ0v) is 11.9. The highest BCUT2D eigenvalue weighted by atomic mass is 32.1. The van der Waals surface area contributed by atoms with E-state index < -0.39 is 0 Å². The van der Waals surface area contributed by atoms with E-state index >= 15 is 0 Å². The fourth-order valence-electron chi connectivity index (χ4n) is 2.03. The zero-order valence-electron chi connectivity index (χ0n) is 11.1. The van der Waals surface area contributed by atoms with Crippen molar-refractivity contribution in [3.8, 4) is 5.69 Å². The van der Waals surface area contributed by atoms with E-state index in [1.807, 2.05) is 53.4 Å². The van der Waals surface area contributed by atoms with Gasteiger partial charge >= 0.3 is 5.00 Å². The van der Waals surface area contributed by atoms with Crippen LogP contribution >= 0.6 is 11.3 Å². The zero-order chi connectivity index (χ0) is 14.7. The standard InChI is InChI=1S/C15H13N3O2S/c19-18(20)15-7-6-14(21-15)11-16-12-4-3-5-13(10-12)17-8-1-2-9-17/h1-10,16H,11H2. The molecule has 0 aliphatic rings. The average molecular weight is 299 g/mol. The SMILES string of the molecule is O=[N+]([O-])c1ccc(CNc2cccc(-n3cccc3)c2)s1. The summed E-state index contributed by atoms with van der Waals surface area (Å²) in [4.78, 5) is 11.2. The van der Waals surface area contributed by atoms with Crippen LogP contribution in [0, 0.1) is 10.1 Å². The quantitative estimate of drug-likeness (QED) is 0.571. The fourth-order valence-corrected chi connectivity index (χ4v) is 2.79. The van der Waals surface area contributed by atoms with Gasteiger partial charge in [0.05, 0.1) is 4.92 Å². The molecule has 0 bridgehead atoms. The highest BCUT2D eigenvalue weighted by Crippen LogP contribution is 2.25. The molecule has 2 heterocycles. The topological polar surface area (TPSA) is 60.1 Å². The van der Waals surface area contributed by atoms with Gasteiger partial charge in [-0.1, -0.05) is 17.4 Å². The number of benzene rings is 1. The molecule has 0 unspecified atom stereocenters. The van der Waals surface area contributed by atoms with Crippen molar-refractivity contribution in [2.75, 3.05) is 5.32 Å². The third-order valence-electron chi connectivity index (χ3n) is 3.04. The number of anilines is 1. The molecule has 0 aliphatic carbocycles. The molecule has 0 saturated heterocycles. The summed E-state index contributed by atoms with van der Waals surface area (Å²) in [7, 11) is 0. The number of nitrogens with one attached hydrogen (secondary N) is 1. The van der Waals surface area contributed by atoms with Crippen molar-refractivity contribution < 1.29 is 4.92 Å². The Bertz CT molecular complexity index is 750. The molecule has 0 spiro atoms. The van der Waals surface area contributed by atoms with Gasteiger partial charge in [0.2, 0.25) is 0 Å². The Labute approximate surface area is 125 Å². The monoisotopic (exact) mass is 299 g/mol. The van der Waals surface area contributed by atoms with E-state index in [1.165, 1.54) is 17.4 Å². The first-order chi connectivity index (χ1) is 10.2. The van der Waals surface area contributed by atoms with Gasteiger partial charge in [-0.3, -0.25) is 10.1 Å². The maximum Gasteiger partial charge on any atom is 0.324 e. The molecule has 3 rings (SSSR count). The van der Waals surface area contributed by atoms with E-state index in [4.69, 9.17) is 0 Å². The van der Waals surface area contributed by atoms with Crippen molar-refractivity contribution in [1.82, 2.24) is 4.57 Å². The van der Waals surface area contributed by atoms with Crippen LogP contribution in [0.5, 0.6) is 0 Å². The fraction of sp³-hybridized carbons (Fsp3) is 0.0667. The molecule has 106 valence electrons. The van der Waals surface area contributed by atoms with Gasteiger partial charge in [0.15, 0.2) is 0 Å². The minimum absolute atomic E-state index is 0.174. The molecule has 2 aromatic heterocycles. The molecule has 21 heavy (non-hydrogen) atoms. The van der Waals surface area contributed by atoms with Gasteiger partial charge in [-0.25, -0.2) is 0 Å². The van der Waals surface area contributed by atoms with Crippen LogP contribution < -0.4 is 5.32 Å². The second-order valence-corrected chi connectivity index (χ2v) is 5.64. The number of nitrogens with zero attached hydrogens (tertiary/aromatic N) is 2. The Hall–Kier alpha value is -2.60. The molecule has 6 heteroatoms. The normalized spacial score (nSPS) is 10.5. The number of rotatable bonds is 5. The molecule has 0 saturated carbocycles. The van der Waals surface area contributed by atoms with Gasteiger partial charge in [-0.05, 0) is 36.4 Å². The summed E-state index contributed by atoms with van der Waals surface area (Å²) in [5, 5.41) is 14.1. The number of aromatic nitrogens is 1. The van der Waals surface area contributed by atoms with Gasteiger partial charge in [-0.2, -0.15) is 0 Å². The summed E-state index contributed by atoms with van der Waals surface area (Å²) >= 11 is 1.20. The van der Waals surface area contributed by atoms with Gasteiger partial charge in [0.25, 0.3) is 0 Å². The van der Waals surface area contributed by atoms with Gasteiger partial charge in [0.1, 0.15) is 0 Å². The van der Waals surface area contributed by atoms with Crippen LogP contribution in [0.2, 0.25) is 0 Å². The first-order valence-corrected chi connectivity index (χ1v) is 7.24. The van der Waals surface area contributed by atoms with Crippen molar-refractivity contribution in [3.05, 3.63) is 75.9 Å². The third kappa shape index (κ3) is 3.11. The molecule has 3 aromatic rings. The summed E-state index contributed by atoms with van der Waals surface area (Å²) in [5.41, 5.74) is 2.06. The minimum Gasteiger partial charge on any atom is -0.380 e. The summed E-state index contributed by atoms with van der Waals surface area (Å²) in [5.74, 6) is 0. The van der Waals surface area contributed by atoms with Crippen molar-refractivity contribution in [1.29, 1.82) is 0 Å². The first-order valence-electron chi connectivity index (χ1n) is 6.43. The Morgan fingerprint density at radius 3 is 2.67 bits per heavy atom. The largest absolute Gasteiger partial charge is 0.380 e. The third-order valence-corrected chi connectivity index (χ3v) is 4.08. The number of nitro groups is 1. The lowest BCUT2D eigenvalue weighted by atomic mass is 10.2. The maximum atomic E-state index is 10.7. The molecular formula is C15H13N3O2S. The minimum atomic E-state index is -0.360. The van der Waals surface area contributed by atoms with Crippen molar-refractivity contribution in [2.24, 2.45) is 0 Å². The molecule has 0 radical (unpaired) electrons. The van der Waals surface area contributed by atoms with Crippen LogP contribution in [0.25, 0.3) is 5.69 Å². The number of thiophene rings is 1. The lowest BCUT2D eigenvalue weighted by molar-refractivity contribution is -0.380. The van der Waals surface area contributed by atoms with E-state index in [9.17, 15) is 10.1 Å². The molecule has 0 aliphatic heterocycles. The summed E-state index contributed by atoms with van der Waals surface area (Å²) in [6.45, 7) is 0.577. The van der Waals surface area contributed by atoms with Crippen molar-refractivity contribution in [3.63, 3.8) is 0 Å². The molecular weight excluding hydrogens is 286 g/mol. The molecule has 1 N–H and O–H groups in total. The van der Waals surface area contributed by atoms with E-state index in [0.717, 1.165) is 16.3 Å². The summed E-state index contributed by atoms with van der Waals surface area (Å²) in [6, 6.07) is 15.3. The van der Waals surface area contributed by atoms with E-state index in [2.05, 4.69) is 5.32 Å². The van der Waals surface area contributed by atoms with Crippen molar-refractivity contribution >= 4 is 22.0 Å². The number of hydrogen-bond acceptors (Lipinski definition) is 4. The molecule has 0 amide bonds. The second-order valence-electron chi connectivity index (χ2n) is 4.49. The van der Waals surface area contributed by atoms with Crippen LogP contribution in [0.4, 0.5) is 10.7 Å². The van der Waals surface area contributed by atoms with Crippen LogP contribution in [0.1, 0.15) is 4.88 Å². The van der Waals surface area contributed by atoms with Crippen LogP contribution in [-0.2, 0) is 6.54 Å². The highest BCUT2D eigenvalue weighted by Gasteiger charge is 2.09. The highest BCUT2D eigenvalue weighted by molar-refractivity contribution is 7.15. The average Bonchev–Trinajstić information content (AvgIpc) is 3.17. The lowest BCUT2D eigenvalue weighted by Gasteiger charge is -2.08. The molecule has 0 atom stereocenters.